The second kappa shape index (κ2) is 6.59. The highest BCUT2D eigenvalue weighted by Gasteiger charge is 2.14. The lowest BCUT2D eigenvalue weighted by Gasteiger charge is -2.05. The Balaban J connectivity index is 2.30. The number of nitrogens with zero attached hydrogens (tertiary/aromatic N) is 2. The van der Waals surface area contributed by atoms with Crippen LogP contribution in [-0.2, 0) is 0 Å². The van der Waals surface area contributed by atoms with Gasteiger partial charge in [0.15, 0.2) is 0 Å². The molecule has 5 heteroatoms. The lowest BCUT2D eigenvalue weighted by atomic mass is 10.1. The monoisotopic (exact) mass is 335 g/mol. The van der Waals surface area contributed by atoms with E-state index in [0.29, 0.717) is 11.7 Å². The van der Waals surface area contributed by atoms with Crippen LogP contribution in [0.1, 0.15) is 38.8 Å². The van der Waals surface area contributed by atoms with Crippen LogP contribution >= 0.6 is 0 Å². The van der Waals surface area contributed by atoms with E-state index in [4.69, 9.17) is 11.5 Å². The molecule has 0 fully saturated rings. The van der Waals surface area contributed by atoms with Gasteiger partial charge in [-0.25, -0.2) is 0 Å². The van der Waals surface area contributed by atoms with E-state index in [1.165, 1.54) is 0 Å². The highest BCUT2D eigenvalue weighted by atomic mass is 14.9. The fourth-order valence-electron chi connectivity index (χ4n) is 3.07. The van der Waals surface area contributed by atoms with Crippen LogP contribution in [0.5, 0.6) is 0 Å². The van der Waals surface area contributed by atoms with Crippen molar-refractivity contribution < 1.29 is 0 Å². The molecule has 0 bridgehead atoms. The maximum atomic E-state index is 6.23. The third kappa shape index (κ3) is 3.22. The summed E-state index contributed by atoms with van der Waals surface area (Å²) in [7, 11) is 0. The van der Waals surface area contributed by atoms with Crippen LogP contribution in [0.2, 0.25) is 0 Å². The fraction of sp³-hybridized carbons (Fsp3) is 0.300. The van der Waals surface area contributed by atoms with Gasteiger partial charge < -0.3 is 16.5 Å². The molecule has 5 N–H and O–H groups in total. The van der Waals surface area contributed by atoms with Crippen molar-refractivity contribution in [3.8, 4) is 0 Å². The highest BCUT2D eigenvalue weighted by molar-refractivity contribution is 6.19. The van der Waals surface area contributed by atoms with Gasteiger partial charge in [-0.05, 0) is 39.8 Å². The van der Waals surface area contributed by atoms with Gasteiger partial charge in [0.25, 0.3) is 0 Å². The predicted molar refractivity (Wildman–Crippen MR) is 108 cm³/mol. The number of nitrogens with two attached hydrogens (primary N) is 2. The Morgan fingerprint density at radius 3 is 1.52 bits per heavy atom. The van der Waals surface area contributed by atoms with Gasteiger partial charge in [-0.2, -0.15) is 0 Å². The minimum Gasteiger partial charge on any atom is -0.383 e. The van der Waals surface area contributed by atoms with Crippen LogP contribution in [0.15, 0.2) is 46.4 Å². The van der Waals surface area contributed by atoms with Crippen molar-refractivity contribution in [2.24, 2.45) is 21.5 Å². The Morgan fingerprint density at radius 2 is 1.16 bits per heavy atom. The molecule has 2 aromatic carbocycles. The van der Waals surface area contributed by atoms with Crippen LogP contribution in [0.3, 0.4) is 0 Å². The number of fused-ring (bicyclic) bond motifs is 3. The molecule has 130 valence electrons. The number of H-pyrrole nitrogens is 1. The number of para-hydroxylation sites is 2. The summed E-state index contributed by atoms with van der Waals surface area (Å²) in [4.78, 5) is 12.5. The molecular weight excluding hydrogens is 310 g/mol. The Hall–Kier alpha value is -2.82. The Labute approximate surface area is 147 Å². The molecule has 0 spiro atoms. The van der Waals surface area contributed by atoms with Gasteiger partial charge in [0.2, 0.25) is 0 Å². The number of aliphatic imine (C=N–C) groups is 2. The summed E-state index contributed by atoms with van der Waals surface area (Å²) in [6, 6.07) is 12.4. The number of amidine groups is 2. The number of nitrogens with one attached hydrogen (secondary N) is 1. The normalized spacial score (nSPS) is 13.5. The first-order chi connectivity index (χ1) is 11.9. The Morgan fingerprint density at radius 1 is 0.760 bits per heavy atom. The van der Waals surface area contributed by atoms with E-state index in [9.17, 15) is 0 Å². The van der Waals surface area contributed by atoms with Gasteiger partial charge in [-0.1, -0.05) is 24.3 Å². The van der Waals surface area contributed by atoms with E-state index in [1.54, 1.807) is 0 Å². The molecule has 0 saturated heterocycles. The standard InChI is InChI=1S/C20H25N5/c1-11(2)23-19(21)15-9-5-7-13-14-8-6-10-16(18(14)25-17(13)15)20(22)24-12(3)4/h5-12,25H,1-4H3,(H2,21,23)(H2,22,24). The summed E-state index contributed by atoms with van der Waals surface area (Å²) in [5, 5.41) is 2.21. The molecule has 3 rings (SSSR count). The first-order valence-corrected chi connectivity index (χ1v) is 8.59. The maximum Gasteiger partial charge on any atom is 0.128 e. The largest absolute Gasteiger partial charge is 0.383 e. The third-order valence-electron chi connectivity index (χ3n) is 4.02. The van der Waals surface area contributed by atoms with E-state index >= 15 is 0 Å². The molecular formula is C20H25N5. The first-order valence-electron chi connectivity index (χ1n) is 8.59. The average molecular weight is 335 g/mol. The van der Waals surface area contributed by atoms with E-state index in [-0.39, 0.29) is 12.1 Å². The molecule has 0 aliphatic rings. The number of aromatic amines is 1. The van der Waals surface area contributed by atoms with Gasteiger partial charge in [0.05, 0.1) is 11.0 Å². The second-order valence-corrected chi connectivity index (χ2v) is 6.80. The molecule has 5 nitrogen and oxygen atoms in total. The Bertz CT molecular complexity index is 898. The van der Waals surface area contributed by atoms with Crippen molar-refractivity contribution in [2.45, 2.75) is 39.8 Å². The molecule has 3 aromatic rings. The second-order valence-electron chi connectivity index (χ2n) is 6.80. The van der Waals surface area contributed by atoms with Gasteiger partial charge in [0, 0.05) is 34.0 Å². The summed E-state index contributed by atoms with van der Waals surface area (Å²) in [5.41, 5.74) is 16.2. The van der Waals surface area contributed by atoms with E-state index < -0.39 is 0 Å². The summed E-state index contributed by atoms with van der Waals surface area (Å²) in [6.45, 7) is 8.05. The van der Waals surface area contributed by atoms with E-state index in [0.717, 1.165) is 32.9 Å². The van der Waals surface area contributed by atoms with Crippen LogP contribution in [0, 0.1) is 0 Å². The third-order valence-corrected chi connectivity index (χ3v) is 4.02. The summed E-state index contributed by atoms with van der Waals surface area (Å²) >= 11 is 0. The van der Waals surface area contributed by atoms with Crippen LogP contribution < -0.4 is 11.5 Å². The SMILES string of the molecule is CC(C)N=C(N)c1cccc2c1[nH]c1c(C(N)=NC(C)C)cccc12. The van der Waals surface area contributed by atoms with Gasteiger partial charge >= 0.3 is 0 Å². The Kier molecular flexibility index (Phi) is 4.49. The molecule has 0 unspecified atom stereocenters. The average Bonchev–Trinajstić information content (AvgIpc) is 2.91. The molecule has 0 radical (unpaired) electrons. The number of hydrogen-bond acceptors (Lipinski definition) is 2. The lowest BCUT2D eigenvalue weighted by molar-refractivity contribution is 0.834. The van der Waals surface area contributed by atoms with E-state index in [1.807, 2.05) is 52.0 Å². The van der Waals surface area contributed by atoms with E-state index in [2.05, 4.69) is 27.1 Å². The van der Waals surface area contributed by atoms with Crippen LogP contribution in [0.25, 0.3) is 21.8 Å². The molecule has 1 heterocycles. The van der Waals surface area contributed by atoms with Crippen molar-refractivity contribution >= 4 is 33.5 Å². The maximum absolute atomic E-state index is 6.23. The summed E-state index contributed by atoms with van der Waals surface area (Å²) in [6.07, 6.45) is 0. The molecule has 1 aromatic heterocycles. The zero-order chi connectivity index (χ0) is 18.1. The van der Waals surface area contributed by atoms with Gasteiger partial charge in [-0.3, -0.25) is 9.98 Å². The molecule has 0 aliphatic heterocycles. The number of rotatable bonds is 4. The molecule has 0 saturated carbocycles. The van der Waals surface area contributed by atoms with Crippen molar-refractivity contribution in [1.82, 2.24) is 4.98 Å². The van der Waals surface area contributed by atoms with Gasteiger partial charge in [-0.15, -0.1) is 0 Å². The van der Waals surface area contributed by atoms with Gasteiger partial charge in [0.1, 0.15) is 11.7 Å². The minimum absolute atomic E-state index is 0.143. The first kappa shape index (κ1) is 17.0. The molecule has 0 aliphatic carbocycles. The van der Waals surface area contributed by atoms with Crippen molar-refractivity contribution in [3.05, 3.63) is 47.5 Å². The van der Waals surface area contributed by atoms with Crippen molar-refractivity contribution in [2.75, 3.05) is 0 Å². The highest BCUT2D eigenvalue weighted by Crippen LogP contribution is 2.29. The molecule has 25 heavy (non-hydrogen) atoms. The lowest BCUT2D eigenvalue weighted by Crippen LogP contribution is -2.16. The predicted octanol–water partition coefficient (Wildman–Crippen LogP) is 3.55. The summed E-state index contributed by atoms with van der Waals surface area (Å²) in [5.74, 6) is 1.08. The minimum atomic E-state index is 0.143. The quantitative estimate of drug-likeness (QED) is 0.502. The summed E-state index contributed by atoms with van der Waals surface area (Å²) < 4.78 is 0. The molecule has 0 atom stereocenters. The fourth-order valence-corrected chi connectivity index (χ4v) is 3.07. The molecule has 0 amide bonds. The van der Waals surface area contributed by atoms with Crippen molar-refractivity contribution in [3.63, 3.8) is 0 Å². The van der Waals surface area contributed by atoms with Crippen molar-refractivity contribution in [1.29, 1.82) is 0 Å². The topological polar surface area (TPSA) is 92.5 Å². The number of hydrogen-bond donors (Lipinski definition) is 3. The number of benzene rings is 2. The zero-order valence-electron chi connectivity index (χ0n) is 15.2. The zero-order valence-corrected chi connectivity index (χ0v) is 15.2. The number of aromatic nitrogens is 1. The van der Waals surface area contributed by atoms with Crippen LogP contribution in [0.4, 0.5) is 0 Å². The smallest absolute Gasteiger partial charge is 0.128 e. The van der Waals surface area contributed by atoms with Crippen LogP contribution in [-0.4, -0.2) is 28.7 Å².